The van der Waals surface area contributed by atoms with Crippen molar-refractivity contribution >= 4 is 9.84 Å². The summed E-state index contributed by atoms with van der Waals surface area (Å²) in [5, 5.41) is 8.93. The maximum Gasteiger partial charge on any atom is 0.416 e. The van der Waals surface area contributed by atoms with Crippen molar-refractivity contribution in [2.75, 3.05) is 0 Å². The summed E-state index contributed by atoms with van der Waals surface area (Å²) in [6, 6.07) is 3.37. The Bertz CT molecular complexity index is 550. The largest absolute Gasteiger partial charge is 0.416 e. The maximum atomic E-state index is 12.5. The van der Waals surface area contributed by atoms with Crippen LogP contribution in [0.3, 0.4) is 0 Å². The zero-order chi connectivity index (χ0) is 16.3. The maximum absolute atomic E-state index is 12.5. The fourth-order valence-electron chi connectivity index (χ4n) is 2.19. The first kappa shape index (κ1) is 18.0. The van der Waals surface area contributed by atoms with Crippen molar-refractivity contribution in [3.05, 3.63) is 29.8 Å². The van der Waals surface area contributed by atoms with E-state index in [1.807, 2.05) is 6.92 Å². The summed E-state index contributed by atoms with van der Waals surface area (Å²) in [7, 11) is -3.85. The fraction of sp³-hybridized carbons (Fsp3) is 0.571. The summed E-state index contributed by atoms with van der Waals surface area (Å²) in [5.41, 5.74) is -0.899. The summed E-state index contributed by atoms with van der Waals surface area (Å²) in [6.07, 6.45) is -4.37. The Labute approximate surface area is 122 Å². The minimum atomic E-state index is -4.51. The van der Waals surface area contributed by atoms with Crippen molar-refractivity contribution in [3.63, 3.8) is 0 Å². The molecule has 3 nitrogen and oxygen atoms in total. The minimum Gasteiger partial charge on any atom is -0.392 e. The molecule has 0 aliphatic heterocycles. The molecule has 0 saturated heterocycles. The third-order valence-electron chi connectivity index (χ3n) is 3.32. The van der Waals surface area contributed by atoms with E-state index in [9.17, 15) is 26.7 Å². The van der Waals surface area contributed by atoms with Gasteiger partial charge in [-0.15, -0.1) is 0 Å². The Morgan fingerprint density at radius 1 is 1.14 bits per heavy atom. The van der Waals surface area contributed by atoms with Crippen LogP contribution in [0.1, 0.15) is 38.7 Å². The standard InChI is InChI=1S/C14H19F3O3S/c1-3-5-12(18)13(4-2)21(19,20)11-8-6-10(7-9-11)14(15,16)17/h6-9,12-13,18H,3-5H2,1-2H3. The molecule has 1 rings (SSSR count). The van der Waals surface area contributed by atoms with Crippen LogP contribution in [-0.2, 0) is 16.0 Å². The summed E-state index contributed by atoms with van der Waals surface area (Å²) in [4.78, 5) is -0.197. The van der Waals surface area contributed by atoms with Crippen LogP contribution in [-0.4, -0.2) is 24.9 Å². The topological polar surface area (TPSA) is 54.4 Å². The van der Waals surface area contributed by atoms with Gasteiger partial charge in [0.25, 0.3) is 0 Å². The predicted molar refractivity (Wildman–Crippen MR) is 73.6 cm³/mol. The van der Waals surface area contributed by atoms with E-state index in [1.54, 1.807) is 6.92 Å². The van der Waals surface area contributed by atoms with Gasteiger partial charge in [0, 0.05) is 0 Å². The molecule has 0 fully saturated rings. The average molecular weight is 324 g/mol. The molecule has 0 aliphatic rings. The molecule has 0 saturated carbocycles. The molecule has 0 amide bonds. The Hall–Kier alpha value is -1.08. The number of hydrogen-bond acceptors (Lipinski definition) is 3. The first-order valence-electron chi connectivity index (χ1n) is 6.73. The summed E-state index contributed by atoms with van der Waals surface area (Å²) in [5.74, 6) is 0. The monoisotopic (exact) mass is 324 g/mol. The molecule has 0 radical (unpaired) electrons. The van der Waals surface area contributed by atoms with E-state index in [-0.39, 0.29) is 11.3 Å². The Morgan fingerprint density at radius 2 is 1.67 bits per heavy atom. The third kappa shape index (κ3) is 4.20. The highest BCUT2D eigenvalue weighted by atomic mass is 32.2. The summed E-state index contributed by atoms with van der Waals surface area (Å²) >= 11 is 0. The molecule has 2 atom stereocenters. The lowest BCUT2D eigenvalue weighted by Gasteiger charge is -2.21. The molecule has 0 bridgehead atoms. The van der Waals surface area contributed by atoms with Crippen molar-refractivity contribution in [1.82, 2.24) is 0 Å². The number of halogens is 3. The molecule has 0 heterocycles. The second-order valence-corrected chi connectivity index (χ2v) is 7.04. The minimum absolute atomic E-state index is 0.197. The lowest BCUT2D eigenvalue weighted by molar-refractivity contribution is -0.137. The van der Waals surface area contributed by atoms with E-state index in [4.69, 9.17) is 0 Å². The lowest BCUT2D eigenvalue weighted by atomic mass is 10.1. The Morgan fingerprint density at radius 3 is 2.05 bits per heavy atom. The van der Waals surface area contributed by atoms with E-state index in [0.717, 1.165) is 24.3 Å². The van der Waals surface area contributed by atoms with Crippen LogP contribution in [0.4, 0.5) is 13.2 Å². The van der Waals surface area contributed by atoms with Gasteiger partial charge in [-0.3, -0.25) is 0 Å². The van der Waals surface area contributed by atoms with Gasteiger partial charge in [-0.05, 0) is 37.1 Å². The van der Waals surface area contributed by atoms with Crippen LogP contribution in [0.15, 0.2) is 29.2 Å². The normalized spacial score (nSPS) is 15.7. The second kappa shape index (κ2) is 6.79. The highest BCUT2D eigenvalue weighted by molar-refractivity contribution is 7.92. The van der Waals surface area contributed by atoms with Crippen LogP contribution < -0.4 is 0 Å². The smallest absolute Gasteiger partial charge is 0.392 e. The number of rotatable bonds is 6. The van der Waals surface area contributed by atoms with Crippen molar-refractivity contribution in [3.8, 4) is 0 Å². The van der Waals surface area contributed by atoms with Gasteiger partial charge in [0.2, 0.25) is 0 Å². The zero-order valence-corrected chi connectivity index (χ0v) is 12.7. The molecular weight excluding hydrogens is 305 g/mol. The van der Waals surface area contributed by atoms with Crippen LogP contribution >= 0.6 is 0 Å². The lowest BCUT2D eigenvalue weighted by Crippen LogP contribution is -2.33. The summed E-state index contributed by atoms with van der Waals surface area (Å²) < 4.78 is 62.2. The average Bonchev–Trinajstić information content (AvgIpc) is 2.38. The van der Waals surface area contributed by atoms with Crippen LogP contribution in [0.5, 0.6) is 0 Å². The number of aliphatic hydroxyl groups is 1. The molecule has 1 aromatic rings. The predicted octanol–water partition coefficient (Wildman–Crippen LogP) is 3.42. The molecule has 21 heavy (non-hydrogen) atoms. The molecular formula is C14H19F3O3S. The van der Waals surface area contributed by atoms with Crippen molar-refractivity contribution in [1.29, 1.82) is 0 Å². The Balaban J connectivity index is 3.12. The SMILES string of the molecule is CCCC(O)C(CC)S(=O)(=O)c1ccc(C(F)(F)F)cc1. The van der Waals surface area contributed by atoms with Gasteiger partial charge in [0.1, 0.15) is 0 Å². The highest BCUT2D eigenvalue weighted by Crippen LogP contribution is 2.31. The van der Waals surface area contributed by atoms with Gasteiger partial charge in [-0.25, -0.2) is 8.42 Å². The van der Waals surface area contributed by atoms with Crippen molar-refractivity contribution in [2.45, 2.75) is 55.5 Å². The number of aliphatic hydroxyl groups excluding tert-OH is 1. The molecule has 2 unspecified atom stereocenters. The molecule has 0 aliphatic carbocycles. The molecule has 0 aromatic heterocycles. The van der Waals surface area contributed by atoms with Gasteiger partial charge >= 0.3 is 6.18 Å². The van der Waals surface area contributed by atoms with E-state index >= 15 is 0 Å². The number of benzene rings is 1. The second-order valence-electron chi connectivity index (χ2n) is 4.87. The number of alkyl halides is 3. The Kier molecular flexibility index (Phi) is 5.81. The van der Waals surface area contributed by atoms with Crippen molar-refractivity contribution < 1.29 is 26.7 Å². The molecule has 1 N–H and O–H groups in total. The fourth-order valence-corrected chi connectivity index (χ4v) is 4.04. The summed E-state index contributed by atoms with van der Waals surface area (Å²) in [6.45, 7) is 3.45. The number of hydrogen-bond donors (Lipinski definition) is 1. The van der Waals surface area contributed by atoms with Gasteiger partial charge in [-0.2, -0.15) is 13.2 Å². The number of sulfone groups is 1. The van der Waals surface area contributed by atoms with Gasteiger partial charge in [-0.1, -0.05) is 20.3 Å². The molecule has 1 aromatic carbocycles. The molecule has 120 valence electrons. The molecule has 0 spiro atoms. The third-order valence-corrected chi connectivity index (χ3v) is 5.70. The van der Waals surface area contributed by atoms with Crippen LogP contribution in [0.2, 0.25) is 0 Å². The van der Waals surface area contributed by atoms with Gasteiger partial charge < -0.3 is 5.11 Å². The van der Waals surface area contributed by atoms with Crippen LogP contribution in [0.25, 0.3) is 0 Å². The van der Waals surface area contributed by atoms with Crippen molar-refractivity contribution in [2.24, 2.45) is 0 Å². The van der Waals surface area contributed by atoms with Gasteiger partial charge in [0.15, 0.2) is 9.84 Å². The van der Waals surface area contributed by atoms with Crippen LogP contribution in [0, 0.1) is 0 Å². The quantitative estimate of drug-likeness (QED) is 0.872. The first-order valence-corrected chi connectivity index (χ1v) is 8.28. The van der Waals surface area contributed by atoms with E-state index < -0.39 is 32.9 Å². The zero-order valence-electron chi connectivity index (χ0n) is 11.9. The first-order chi connectivity index (χ1) is 9.64. The highest BCUT2D eigenvalue weighted by Gasteiger charge is 2.34. The molecule has 7 heteroatoms. The van der Waals surface area contributed by atoms with E-state index in [1.165, 1.54) is 0 Å². The van der Waals surface area contributed by atoms with Gasteiger partial charge in [0.05, 0.1) is 21.8 Å². The van der Waals surface area contributed by atoms with E-state index in [0.29, 0.717) is 12.8 Å². The van der Waals surface area contributed by atoms with E-state index in [2.05, 4.69) is 0 Å².